The first kappa shape index (κ1) is 14.2. The van der Waals surface area contributed by atoms with E-state index in [0.29, 0.717) is 12.8 Å². The van der Waals surface area contributed by atoms with E-state index < -0.39 is 30.2 Å². The molecule has 0 aromatic rings. The van der Waals surface area contributed by atoms with E-state index in [4.69, 9.17) is 11.5 Å². The van der Waals surface area contributed by atoms with E-state index in [1.807, 2.05) is 0 Å². The Morgan fingerprint density at radius 1 is 1.53 bits per heavy atom. The first-order valence-electron chi connectivity index (χ1n) is 5.66. The molecule has 1 saturated heterocycles. The van der Waals surface area contributed by atoms with Crippen LogP contribution < -0.4 is 11.5 Å². The number of hydrogen-bond donors (Lipinski definition) is 2. The summed E-state index contributed by atoms with van der Waals surface area (Å²) >= 11 is 0. The van der Waals surface area contributed by atoms with Crippen molar-refractivity contribution in [2.45, 2.75) is 50.5 Å². The number of hydrogen-bond acceptors (Lipinski definition) is 3. The fourth-order valence-corrected chi connectivity index (χ4v) is 2.33. The molecule has 7 heteroatoms. The van der Waals surface area contributed by atoms with Crippen LogP contribution in [0.1, 0.15) is 26.2 Å². The van der Waals surface area contributed by atoms with Crippen molar-refractivity contribution in [3.63, 3.8) is 0 Å². The third-order valence-electron chi connectivity index (χ3n) is 3.19. The number of rotatable bonds is 4. The van der Waals surface area contributed by atoms with Crippen molar-refractivity contribution >= 4 is 5.91 Å². The van der Waals surface area contributed by atoms with Crippen LogP contribution in [-0.4, -0.2) is 41.7 Å². The molecule has 1 aliphatic rings. The van der Waals surface area contributed by atoms with Gasteiger partial charge in [-0.2, -0.15) is 13.2 Å². The van der Waals surface area contributed by atoms with Crippen LogP contribution in [0.5, 0.6) is 0 Å². The Morgan fingerprint density at radius 2 is 2.12 bits per heavy atom. The number of primary amides is 1. The molecule has 1 amide bonds. The van der Waals surface area contributed by atoms with Gasteiger partial charge in [-0.25, -0.2) is 0 Å². The number of carbonyl (C=O) groups excluding carboxylic acids is 1. The fourth-order valence-electron chi connectivity index (χ4n) is 2.33. The molecule has 0 radical (unpaired) electrons. The average molecular weight is 253 g/mol. The van der Waals surface area contributed by atoms with E-state index in [2.05, 4.69) is 0 Å². The molecule has 0 bridgehead atoms. The molecule has 4 N–H and O–H groups in total. The highest BCUT2D eigenvalue weighted by Gasteiger charge is 2.50. The predicted octanol–water partition coefficient (Wildman–Crippen LogP) is 0.604. The van der Waals surface area contributed by atoms with Gasteiger partial charge in [0.25, 0.3) is 0 Å². The molecule has 3 unspecified atom stereocenters. The van der Waals surface area contributed by atoms with Crippen LogP contribution >= 0.6 is 0 Å². The molecular formula is C10H18F3N3O. The van der Waals surface area contributed by atoms with Gasteiger partial charge in [0.1, 0.15) is 6.04 Å². The van der Waals surface area contributed by atoms with Crippen LogP contribution in [0.3, 0.4) is 0 Å². The van der Waals surface area contributed by atoms with Crippen LogP contribution in [0.15, 0.2) is 0 Å². The maximum absolute atomic E-state index is 13.0. The topological polar surface area (TPSA) is 72.3 Å². The van der Waals surface area contributed by atoms with E-state index in [9.17, 15) is 18.0 Å². The normalized spacial score (nSPS) is 25.8. The molecule has 1 rings (SSSR count). The Kier molecular flexibility index (Phi) is 4.37. The first-order chi connectivity index (χ1) is 7.79. The highest BCUT2D eigenvalue weighted by Crippen LogP contribution is 2.32. The van der Waals surface area contributed by atoms with Crippen molar-refractivity contribution in [1.29, 1.82) is 0 Å². The standard InChI is InChI=1S/C10H18F3N3O/c1-2-6(14)8(10(11,12)13)16-5-3-4-7(16)9(15)17/h6-8H,2-5,14H2,1H3,(H2,15,17). The predicted molar refractivity (Wildman–Crippen MR) is 57.0 cm³/mol. The molecule has 0 spiro atoms. The minimum absolute atomic E-state index is 0.201. The molecule has 0 saturated carbocycles. The lowest BCUT2D eigenvalue weighted by atomic mass is 10.0. The number of alkyl halides is 3. The average Bonchev–Trinajstić information content (AvgIpc) is 2.64. The molecule has 100 valence electrons. The van der Waals surface area contributed by atoms with E-state index >= 15 is 0 Å². The molecule has 4 nitrogen and oxygen atoms in total. The summed E-state index contributed by atoms with van der Waals surface area (Å²) in [7, 11) is 0. The van der Waals surface area contributed by atoms with Gasteiger partial charge in [0.05, 0.1) is 6.04 Å². The molecule has 0 aromatic carbocycles. The summed E-state index contributed by atoms with van der Waals surface area (Å²) in [5, 5.41) is 0. The molecular weight excluding hydrogens is 235 g/mol. The smallest absolute Gasteiger partial charge is 0.368 e. The number of likely N-dealkylation sites (tertiary alicyclic amines) is 1. The van der Waals surface area contributed by atoms with Gasteiger partial charge in [0.2, 0.25) is 5.91 Å². The van der Waals surface area contributed by atoms with Gasteiger partial charge < -0.3 is 11.5 Å². The summed E-state index contributed by atoms with van der Waals surface area (Å²) in [6.07, 6.45) is -3.32. The molecule has 3 atom stereocenters. The summed E-state index contributed by atoms with van der Waals surface area (Å²) < 4.78 is 38.9. The van der Waals surface area contributed by atoms with Gasteiger partial charge in [0, 0.05) is 6.04 Å². The lowest BCUT2D eigenvalue weighted by molar-refractivity contribution is -0.191. The summed E-state index contributed by atoms with van der Waals surface area (Å²) in [4.78, 5) is 12.2. The van der Waals surface area contributed by atoms with Gasteiger partial charge in [-0.15, -0.1) is 0 Å². The number of nitrogens with zero attached hydrogens (tertiary/aromatic N) is 1. The van der Waals surface area contributed by atoms with Gasteiger partial charge in [-0.3, -0.25) is 9.69 Å². The third-order valence-corrected chi connectivity index (χ3v) is 3.19. The van der Waals surface area contributed by atoms with Crippen molar-refractivity contribution in [2.75, 3.05) is 6.54 Å². The first-order valence-corrected chi connectivity index (χ1v) is 5.66. The second-order valence-corrected chi connectivity index (χ2v) is 4.36. The van der Waals surface area contributed by atoms with Crippen molar-refractivity contribution in [1.82, 2.24) is 4.90 Å². The van der Waals surface area contributed by atoms with Crippen LogP contribution in [0, 0.1) is 0 Å². The molecule has 1 heterocycles. The van der Waals surface area contributed by atoms with Gasteiger partial charge in [0.15, 0.2) is 0 Å². The number of carbonyl (C=O) groups is 1. The highest BCUT2D eigenvalue weighted by atomic mass is 19.4. The van der Waals surface area contributed by atoms with Crippen LogP contribution in [0.2, 0.25) is 0 Å². The maximum Gasteiger partial charge on any atom is 0.405 e. The second-order valence-electron chi connectivity index (χ2n) is 4.36. The Bertz CT molecular complexity index is 282. The van der Waals surface area contributed by atoms with Crippen LogP contribution in [0.25, 0.3) is 0 Å². The Labute approximate surface area is 98.1 Å². The van der Waals surface area contributed by atoms with Gasteiger partial charge in [-0.1, -0.05) is 6.92 Å². The minimum atomic E-state index is -4.44. The SMILES string of the molecule is CCC(N)C(N1CCCC1C(N)=O)C(F)(F)F. The maximum atomic E-state index is 13.0. The molecule has 0 aromatic heterocycles. The van der Waals surface area contributed by atoms with E-state index in [0.717, 1.165) is 4.90 Å². The van der Waals surface area contributed by atoms with Gasteiger partial charge in [-0.05, 0) is 25.8 Å². The summed E-state index contributed by atoms with van der Waals surface area (Å²) in [5.41, 5.74) is 10.7. The molecule has 1 aliphatic heterocycles. The Morgan fingerprint density at radius 3 is 2.53 bits per heavy atom. The third kappa shape index (κ3) is 3.10. The lowest BCUT2D eigenvalue weighted by Gasteiger charge is -2.36. The van der Waals surface area contributed by atoms with Gasteiger partial charge >= 0.3 is 6.18 Å². The lowest BCUT2D eigenvalue weighted by Crippen LogP contribution is -2.59. The quantitative estimate of drug-likeness (QED) is 0.770. The van der Waals surface area contributed by atoms with E-state index in [1.165, 1.54) is 0 Å². The number of amides is 1. The zero-order chi connectivity index (χ0) is 13.2. The monoisotopic (exact) mass is 253 g/mol. The fraction of sp³-hybridized carbons (Fsp3) is 0.900. The highest BCUT2D eigenvalue weighted by molar-refractivity contribution is 5.80. The van der Waals surface area contributed by atoms with E-state index in [-0.39, 0.29) is 13.0 Å². The molecule has 1 fully saturated rings. The minimum Gasteiger partial charge on any atom is -0.368 e. The Hall–Kier alpha value is -0.820. The van der Waals surface area contributed by atoms with Crippen molar-refractivity contribution in [2.24, 2.45) is 11.5 Å². The van der Waals surface area contributed by atoms with Crippen LogP contribution in [0.4, 0.5) is 13.2 Å². The van der Waals surface area contributed by atoms with Crippen molar-refractivity contribution in [3.8, 4) is 0 Å². The summed E-state index contributed by atoms with van der Waals surface area (Å²) in [5.74, 6) is -0.708. The zero-order valence-electron chi connectivity index (χ0n) is 9.70. The van der Waals surface area contributed by atoms with Crippen LogP contribution in [-0.2, 0) is 4.79 Å². The molecule has 17 heavy (non-hydrogen) atoms. The largest absolute Gasteiger partial charge is 0.405 e. The number of halogens is 3. The second kappa shape index (κ2) is 5.22. The summed E-state index contributed by atoms with van der Waals surface area (Å²) in [6, 6.07) is -3.67. The van der Waals surface area contributed by atoms with E-state index in [1.54, 1.807) is 6.92 Å². The summed E-state index contributed by atoms with van der Waals surface area (Å²) in [6.45, 7) is 1.81. The number of nitrogens with two attached hydrogens (primary N) is 2. The van der Waals surface area contributed by atoms with Crippen molar-refractivity contribution in [3.05, 3.63) is 0 Å². The zero-order valence-corrected chi connectivity index (χ0v) is 9.70. The van der Waals surface area contributed by atoms with Crippen molar-refractivity contribution < 1.29 is 18.0 Å². The Balaban J connectivity index is 2.94. The molecule has 0 aliphatic carbocycles.